The number of carbonyl (C=O) groups is 2. The fraction of sp³-hybridized carbons (Fsp3) is 0.583. The van der Waals surface area contributed by atoms with Crippen LogP contribution in [0.1, 0.15) is 47.0 Å². The minimum absolute atomic E-state index is 0.00389. The topological polar surface area (TPSA) is 133 Å². The zero-order valence-electron chi connectivity index (χ0n) is 21.5. The summed E-state index contributed by atoms with van der Waals surface area (Å²) in [4.78, 5) is 36.1. The van der Waals surface area contributed by atoms with Gasteiger partial charge in [0.1, 0.15) is 6.10 Å². The number of hydrogen-bond acceptors (Lipinski definition) is 8. The van der Waals surface area contributed by atoms with Gasteiger partial charge < -0.3 is 9.16 Å². The Morgan fingerprint density at radius 3 is 2.39 bits per heavy atom. The number of carbonyl (C=O) groups excluding carboxylic acids is 2. The summed E-state index contributed by atoms with van der Waals surface area (Å²) in [5, 5.41) is 10.8. The van der Waals surface area contributed by atoms with Gasteiger partial charge in [-0.1, -0.05) is 32.9 Å². The molecule has 3 atom stereocenters. The summed E-state index contributed by atoms with van der Waals surface area (Å²) in [6.07, 6.45) is 2.08. The third-order valence-electron chi connectivity index (χ3n) is 7.33. The molecule has 10 nitrogen and oxygen atoms in total. The number of nitrogens with zero attached hydrogens (tertiary/aromatic N) is 2. The summed E-state index contributed by atoms with van der Waals surface area (Å²) in [5.74, 6) is -0.714. The van der Waals surface area contributed by atoms with Crippen LogP contribution in [0.2, 0.25) is 18.1 Å². The van der Waals surface area contributed by atoms with Crippen molar-refractivity contribution in [1.29, 1.82) is 0 Å². The minimum atomic E-state index is -4.23. The molecule has 2 aliphatic rings. The molecule has 36 heavy (non-hydrogen) atoms. The van der Waals surface area contributed by atoms with E-state index in [2.05, 4.69) is 0 Å². The smallest absolute Gasteiger partial charge is 0.305 e. The summed E-state index contributed by atoms with van der Waals surface area (Å²) >= 11 is 0. The Kier molecular flexibility index (Phi) is 7.67. The maximum atomic E-state index is 14.0. The number of nitro groups is 1. The van der Waals surface area contributed by atoms with E-state index in [0.29, 0.717) is 0 Å². The lowest BCUT2D eigenvalue weighted by molar-refractivity contribution is -0.384. The predicted molar refractivity (Wildman–Crippen MR) is 135 cm³/mol. The molecule has 1 saturated heterocycles. The Bertz CT molecular complexity index is 1170. The van der Waals surface area contributed by atoms with Crippen molar-refractivity contribution >= 4 is 35.8 Å². The van der Waals surface area contributed by atoms with E-state index < -0.39 is 46.9 Å². The van der Waals surface area contributed by atoms with Gasteiger partial charge in [-0.3, -0.25) is 19.7 Å². The maximum absolute atomic E-state index is 14.0. The van der Waals surface area contributed by atoms with Crippen molar-refractivity contribution < 1.29 is 32.1 Å². The van der Waals surface area contributed by atoms with Gasteiger partial charge in [0.2, 0.25) is 10.0 Å². The number of fused-ring (bicyclic) bond motifs is 2. The number of esters is 1. The fourth-order valence-electron chi connectivity index (χ4n) is 4.44. The molecule has 0 aliphatic carbocycles. The predicted octanol–water partition coefficient (Wildman–Crippen LogP) is 3.97. The van der Waals surface area contributed by atoms with Crippen molar-refractivity contribution in [2.45, 2.75) is 87.7 Å². The number of ether oxygens (including phenoxy) is 1. The monoisotopic (exact) mass is 538 g/mol. The van der Waals surface area contributed by atoms with E-state index >= 15 is 0 Å². The van der Waals surface area contributed by atoms with Crippen LogP contribution in [0.5, 0.6) is 0 Å². The molecule has 0 spiro atoms. The summed E-state index contributed by atoms with van der Waals surface area (Å²) in [6.45, 7) is 11.9. The molecule has 12 heteroatoms. The Morgan fingerprint density at radius 1 is 1.25 bits per heavy atom. The van der Waals surface area contributed by atoms with Crippen molar-refractivity contribution in [3.05, 3.63) is 46.5 Å². The van der Waals surface area contributed by atoms with Gasteiger partial charge in [0.25, 0.3) is 5.69 Å². The maximum Gasteiger partial charge on any atom is 0.305 e. The molecular formula is C24H34N2O8SSi. The molecular weight excluding hydrogens is 504 g/mol. The van der Waals surface area contributed by atoms with Gasteiger partial charge in [0.15, 0.2) is 14.1 Å². The zero-order valence-corrected chi connectivity index (χ0v) is 23.3. The summed E-state index contributed by atoms with van der Waals surface area (Å²) in [7, 11) is -6.77. The first-order chi connectivity index (χ1) is 16.6. The number of Topliss-reactive ketones (excluding diaryl/α,β-unsaturated/α-hetero) is 1. The highest BCUT2D eigenvalue weighted by molar-refractivity contribution is 7.89. The highest BCUT2D eigenvalue weighted by Crippen LogP contribution is 2.48. The Balaban J connectivity index is 2.12. The van der Waals surface area contributed by atoms with Crippen LogP contribution in [0, 0.1) is 10.1 Å². The van der Waals surface area contributed by atoms with Crippen LogP contribution in [-0.2, 0) is 28.8 Å². The summed E-state index contributed by atoms with van der Waals surface area (Å²) < 4.78 is 40.9. The van der Waals surface area contributed by atoms with Gasteiger partial charge in [0, 0.05) is 25.0 Å². The number of hydrogen-bond donors (Lipinski definition) is 0. The van der Waals surface area contributed by atoms with Gasteiger partial charge in [-0.2, -0.15) is 4.31 Å². The molecule has 0 N–H and O–H groups in total. The molecule has 0 amide bonds. The van der Waals surface area contributed by atoms with E-state index in [0.717, 1.165) is 12.1 Å². The number of benzene rings is 1. The second kappa shape index (κ2) is 9.80. The lowest BCUT2D eigenvalue weighted by Crippen LogP contribution is -2.67. The number of non-ortho nitro benzene ring substituents is 1. The van der Waals surface area contributed by atoms with Crippen LogP contribution in [0.25, 0.3) is 0 Å². The largest absolute Gasteiger partial charge is 0.466 e. The van der Waals surface area contributed by atoms with E-state index in [9.17, 15) is 28.1 Å². The molecule has 2 aliphatic heterocycles. The van der Waals surface area contributed by atoms with E-state index in [1.165, 1.54) is 16.4 Å². The quantitative estimate of drug-likeness (QED) is 0.152. The van der Waals surface area contributed by atoms with Gasteiger partial charge in [0.05, 0.1) is 28.0 Å². The van der Waals surface area contributed by atoms with Gasteiger partial charge >= 0.3 is 5.97 Å². The average molecular weight is 539 g/mol. The molecule has 0 aromatic heterocycles. The first-order valence-electron chi connectivity index (χ1n) is 11.9. The van der Waals surface area contributed by atoms with Crippen LogP contribution in [-0.4, -0.2) is 62.0 Å². The molecule has 1 aromatic carbocycles. The first-order valence-corrected chi connectivity index (χ1v) is 16.3. The molecule has 2 heterocycles. The molecule has 2 bridgehead atoms. The lowest BCUT2D eigenvalue weighted by Gasteiger charge is -2.51. The van der Waals surface area contributed by atoms with E-state index in [-0.39, 0.29) is 47.3 Å². The van der Waals surface area contributed by atoms with Crippen molar-refractivity contribution in [3.63, 3.8) is 0 Å². The van der Waals surface area contributed by atoms with Crippen molar-refractivity contribution in [2.75, 3.05) is 6.61 Å². The Labute approximate surface area is 213 Å². The highest BCUT2D eigenvalue weighted by atomic mass is 32.2. The third kappa shape index (κ3) is 5.04. The lowest BCUT2D eigenvalue weighted by atomic mass is 9.83. The van der Waals surface area contributed by atoms with Crippen LogP contribution >= 0.6 is 0 Å². The van der Waals surface area contributed by atoms with Crippen LogP contribution in [0.4, 0.5) is 5.69 Å². The fourth-order valence-corrected chi connectivity index (χ4v) is 7.62. The van der Waals surface area contributed by atoms with Crippen molar-refractivity contribution in [2.24, 2.45) is 0 Å². The van der Waals surface area contributed by atoms with E-state index in [4.69, 9.17) is 9.16 Å². The van der Waals surface area contributed by atoms with Crippen LogP contribution in [0.3, 0.4) is 0 Å². The standard InChI is InChI=1S/C24H34N2O8SSi/c1-7-33-21(28)13-15-24-14-12-18(16-20(27)22(24)34-36(5,6)23(2,3)4)25(24)35(31,32)19-10-8-17(9-11-19)26(29)30/h8-12,14,18,22H,7,13,15-16H2,1-6H3/t18-,22+,24-/m0/s1. The van der Waals surface area contributed by atoms with E-state index in [1.54, 1.807) is 19.1 Å². The SMILES string of the molecule is CCOC(=O)CC[C@@]12C=C[C@@H](CC(=O)[C@H]1O[Si](C)(C)C(C)(C)C)N2S(=O)(=O)c1ccc([N+](=O)[O-])cc1. The van der Waals surface area contributed by atoms with Gasteiger partial charge in [-0.15, -0.1) is 0 Å². The molecule has 198 valence electrons. The molecule has 3 rings (SSSR count). The van der Waals surface area contributed by atoms with Crippen LogP contribution < -0.4 is 0 Å². The molecule has 1 aromatic rings. The Morgan fingerprint density at radius 2 is 1.86 bits per heavy atom. The van der Waals surface area contributed by atoms with Crippen LogP contribution in [0.15, 0.2) is 41.3 Å². The van der Waals surface area contributed by atoms with Gasteiger partial charge in [-0.25, -0.2) is 8.42 Å². The highest BCUT2D eigenvalue weighted by Gasteiger charge is 2.61. The minimum Gasteiger partial charge on any atom is -0.466 e. The normalized spacial score (nSPS) is 24.7. The van der Waals surface area contributed by atoms with Gasteiger partial charge in [-0.05, 0) is 43.6 Å². The average Bonchev–Trinajstić information content (AvgIpc) is 3.09. The second-order valence-corrected chi connectivity index (χ2v) is 17.3. The first kappa shape index (κ1) is 28.2. The number of sulfonamides is 1. The van der Waals surface area contributed by atoms with Crippen molar-refractivity contribution in [1.82, 2.24) is 4.31 Å². The number of rotatable bonds is 9. The van der Waals surface area contributed by atoms with E-state index in [1.807, 2.05) is 33.9 Å². The van der Waals surface area contributed by atoms with Crippen molar-refractivity contribution in [3.8, 4) is 0 Å². The third-order valence-corrected chi connectivity index (χ3v) is 13.8. The molecule has 0 unspecified atom stereocenters. The number of piperidine rings is 1. The number of nitro benzene ring substituents is 1. The summed E-state index contributed by atoms with van der Waals surface area (Å²) in [6, 6.07) is 3.88. The Hall–Kier alpha value is -2.41. The zero-order chi connectivity index (χ0) is 27.1. The second-order valence-electron chi connectivity index (χ2n) is 10.7. The number of ketones is 1. The molecule has 1 fully saturated rings. The summed E-state index contributed by atoms with van der Waals surface area (Å²) in [5.41, 5.74) is -1.66. The molecule has 0 radical (unpaired) electrons. The molecule has 0 saturated carbocycles.